The second-order valence-corrected chi connectivity index (χ2v) is 9.42. The lowest BCUT2D eigenvalue weighted by Gasteiger charge is -2.45. The van der Waals surface area contributed by atoms with E-state index < -0.39 is 10.0 Å². The van der Waals surface area contributed by atoms with E-state index >= 15 is 0 Å². The van der Waals surface area contributed by atoms with E-state index in [0.717, 1.165) is 25.1 Å². The first kappa shape index (κ1) is 18.5. The van der Waals surface area contributed by atoms with E-state index in [1.807, 2.05) is 11.0 Å². The Morgan fingerprint density at radius 1 is 1.26 bits per heavy atom. The average Bonchev–Trinajstić information content (AvgIpc) is 3.07. The number of nitrogens with one attached hydrogen (secondary N) is 1. The van der Waals surface area contributed by atoms with Crippen LogP contribution in [-0.2, 0) is 21.2 Å². The fraction of sp³-hybridized carbons (Fsp3) is 0.611. The van der Waals surface area contributed by atoms with E-state index in [9.17, 15) is 13.2 Å². The summed E-state index contributed by atoms with van der Waals surface area (Å²) in [5.74, 6) is 0. The molecule has 0 saturated carbocycles. The Morgan fingerprint density at radius 3 is 2.85 bits per heavy atom. The lowest BCUT2D eigenvalue weighted by Crippen LogP contribution is -2.60. The number of likely N-dealkylation sites (tertiary alicyclic amines) is 1. The van der Waals surface area contributed by atoms with Crippen molar-refractivity contribution in [2.24, 2.45) is 0 Å². The van der Waals surface area contributed by atoms with E-state index in [-0.39, 0.29) is 18.2 Å². The van der Waals surface area contributed by atoms with Gasteiger partial charge in [0.1, 0.15) is 0 Å². The summed E-state index contributed by atoms with van der Waals surface area (Å²) in [7, 11) is -1.24. The van der Waals surface area contributed by atoms with Gasteiger partial charge in [0.25, 0.3) is 0 Å². The number of carbonyl (C=O) groups excluding carboxylic acids is 1. The molecule has 9 heteroatoms. The number of sulfonamides is 1. The molecule has 1 aromatic carbocycles. The largest absolute Gasteiger partial charge is 0.375 e. The van der Waals surface area contributed by atoms with Gasteiger partial charge in [0, 0.05) is 37.4 Å². The highest BCUT2D eigenvalue weighted by Crippen LogP contribution is 2.35. The monoisotopic (exact) mass is 394 g/mol. The number of hydrogen-bond acceptors (Lipinski definition) is 5. The number of ether oxygens (including phenoxy) is 1. The van der Waals surface area contributed by atoms with E-state index in [4.69, 9.17) is 4.74 Å². The minimum Gasteiger partial charge on any atom is -0.375 e. The van der Waals surface area contributed by atoms with Gasteiger partial charge in [-0.15, -0.1) is 0 Å². The van der Waals surface area contributed by atoms with E-state index in [1.54, 1.807) is 12.1 Å². The van der Waals surface area contributed by atoms with E-state index in [0.29, 0.717) is 37.4 Å². The predicted molar refractivity (Wildman–Crippen MR) is 104 cm³/mol. The third-order valence-corrected chi connectivity index (χ3v) is 6.96. The Morgan fingerprint density at radius 2 is 2.07 bits per heavy atom. The Labute approximate surface area is 160 Å². The summed E-state index contributed by atoms with van der Waals surface area (Å²) in [6.07, 6.45) is 2.83. The van der Waals surface area contributed by atoms with Gasteiger partial charge in [-0.1, -0.05) is 6.07 Å². The van der Waals surface area contributed by atoms with Gasteiger partial charge in [0.15, 0.2) is 0 Å². The summed E-state index contributed by atoms with van der Waals surface area (Å²) in [6.45, 7) is 3.33. The number of amides is 2. The SMILES string of the molecule is CN1CCO[C@@H]2CCN(C(=O)Nc3cccc4c3CCN4S(C)(=O)=O)C[C@@H]21. The maximum absolute atomic E-state index is 12.9. The van der Waals surface area contributed by atoms with Crippen molar-refractivity contribution in [3.63, 3.8) is 0 Å². The Hall–Kier alpha value is -1.84. The molecule has 1 N–H and O–H groups in total. The fourth-order valence-corrected chi connectivity index (χ4v) is 5.24. The molecule has 0 bridgehead atoms. The molecule has 4 rings (SSSR count). The van der Waals surface area contributed by atoms with Crippen molar-refractivity contribution in [1.82, 2.24) is 9.80 Å². The summed E-state index contributed by atoms with van der Waals surface area (Å²) < 4.78 is 31.2. The molecule has 27 heavy (non-hydrogen) atoms. The van der Waals surface area contributed by atoms with Gasteiger partial charge in [0.2, 0.25) is 10.0 Å². The molecule has 2 atom stereocenters. The molecule has 2 saturated heterocycles. The number of rotatable bonds is 2. The van der Waals surface area contributed by atoms with Gasteiger partial charge in [-0.25, -0.2) is 13.2 Å². The number of anilines is 2. The smallest absolute Gasteiger partial charge is 0.321 e. The van der Waals surface area contributed by atoms with Crippen molar-refractivity contribution in [2.45, 2.75) is 25.0 Å². The summed E-state index contributed by atoms with van der Waals surface area (Å²) in [5.41, 5.74) is 2.23. The highest BCUT2D eigenvalue weighted by Gasteiger charge is 2.37. The second kappa shape index (κ2) is 6.96. The molecule has 3 heterocycles. The molecule has 148 valence electrons. The van der Waals surface area contributed by atoms with Crippen molar-refractivity contribution in [3.05, 3.63) is 23.8 Å². The highest BCUT2D eigenvalue weighted by molar-refractivity contribution is 7.92. The average molecular weight is 394 g/mol. The Kier molecular flexibility index (Phi) is 4.77. The molecule has 8 nitrogen and oxygen atoms in total. The first-order valence-corrected chi connectivity index (χ1v) is 11.2. The number of benzene rings is 1. The third kappa shape index (κ3) is 3.51. The van der Waals surface area contributed by atoms with E-state index in [2.05, 4.69) is 17.3 Å². The number of nitrogens with zero attached hydrogens (tertiary/aromatic N) is 3. The molecule has 0 aromatic heterocycles. The van der Waals surface area contributed by atoms with Crippen LogP contribution in [0.5, 0.6) is 0 Å². The van der Waals surface area contributed by atoms with Crippen molar-refractivity contribution >= 4 is 27.4 Å². The number of morpholine rings is 1. The third-order valence-electron chi connectivity index (χ3n) is 5.78. The number of carbonyl (C=O) groups is 1. The molecular formula is C18H26N4O4S. The number of likely N-dealkylation sites (N-methyl/N-ethyl adjacent to an activating group) is 1. The van der Waals surface area contributed by atoms with Crippen LogP contribution in [0, 0.1) is 0 Å². The van der Waals surface area contributed by atoms with Crippen LogP contribution in [0.2, 0.25) is 0 Å². The quantitative estimate of drug-likeness (QED) is 0.808. The molecule has 3 aliphatic heterocycles. The summed E-state index contributed by atoms with van der Waals surface area (Å²) in [6, 6.07) is 5.50. The van der Waals surface area contributed by atoms with Gasteiger partial charge >= 0.3 is 6.03 Å². The van der Waals surface area contributed by atoms with Crippen molar-refractivity contribution in [1.29, 1.82) is 0 Å². The first-order chi connectivity index (χ1) is 12.8. The second-order valence-electron chi connectivity index (χ2n) is 7.51. The minimum atomic E-state index is -3.31. The van der Waals surface area contributed by atoms with Gasteiger partial charge in [-0.05, 0) is 32.0 Å². The minimum absolute atomic E-state index is 0.140. The molecule has 0 spiro atoms. The van der Waals surface area contributed by atoms with Gasteiger partial charge in [-0.3, -0.25) is 9.21 Å². The molecule has 0 radical (unpaired) electrons. The number of urea groups is 1. The standard InChI is InChI=1S/C18H26N4O4S/c1-20-10-11-26-17-7-8-21(12-16(17)20)18(23)19-14-4-3-5-15-13(14)6-9-22(15)27(2,24)25/h3-5,16-17H,6-12H2,1-2H3,(H,19,23)/t16-,17+/m0/s1. The normalized spacial score (nSPS) is 25.9. The number of piperidine rings is 1. The van der Waals surface area contributed by atoms with Crippen LogP contribution < -0.4 is 9.62 Å². The van der Waals surface area contributed by atoms with Crippen molar-refractivity contribution in [3.8, 4) is 0 Å². The van der Waals surface area contributed by atoms with Crippen LogP contribution in [0.15, 0.2) is 18.2 Å². The molecular weight excluding hydrogens is 368 g/mol. The summed E-state index contributed by atoms with van der Waals surface area (Å²) in [5, 5.41) is 3.00. The zero-order chi connectivity index (χ0) is 19.2. The van der Waals surface area contributed by atoms with Crippen molar-refractivity contribution in [2.75, 3.05) is 55.7 Å². The van der Waals surface area contributed by atoms with Gasteiger partial charge in [-0.2, -0.15) is 0 Å². The number of fused-ring (bicyclic) bond motifs is 2. The number of hydrogen-bond donors (Lipinski definition) is 1. The highest BCUT2D eigenvalue weighted by atomic mass is 32.2. The topological polar surface area (TPSA) is 82.2 Å². The van der Waals surface area contributed by atoms with Crippen LogP contribution in [0.25, 0.3) is 0 Å². The molecule has 1 aromatic rings. The maximum atomic E-state index is 12.9. The van der Waals surface area contributed by atoms with Crippen LogP contribution in [0.4, 0.5) is 16.2 Å². The van der Waals surface area contributed by atoms with Gasteiger partial charge in [0.05, 0.1) is 30.7 Å². The zero-order valence-electron chi connectivity index (χ0n) is 15.7. The zero-order valence-corrected chi connectivity index (χ0v) is 16.5. The molecule has 3 aliphatic rings. The molecule has 0 unspecified atom stereocenters. The fourth-order valence-electron chi connectivity index (χ4n) is 4.29. The summed E-state index contributed by atoms with van der Waals surface area (Å²) >= 11 is 0. The van der Waals surface area contributed by atoms with Crippen LogP contribution >= 0.6 is 0 Å². The van der Waals surface area contributed by atoms with Crippen LogP contribution in [-0.4, -0.2) is 82.5 Å². The lowest BCUT2D eigenvalue weighted by molar-refractivity contribution is -0.0875. The molecule has 2 amide bonds. The van der Waals surface area contributed by atoms with Crippen LogP contribution in [0.1, 0.15) is 12.0 Å². The van der Waals surface area contributed by atoms with Gasteiger partial charge < -0.3 is 15.0 Å². The predicted octanol–water partition coefficient (Wildman–Crippen LogP) is 0.946. The van der Waals surface area contributed by atoms with Crippen molar-refractivity contribution < 1.29 is 17.9 Å². The molecule has 0 aliphatic carbocycles. The van der Waals surface area contributed by atoms with E-state index in [1.165, 1.54) is 10.6 Å². The Bertz CT molecular complexity index is 844. The Balaban J connectivity index is 1.49. The lowest BCUT2D eigenvalue weighted by atomic mass is 9.99. The maximum Gasteiger partial charge on any atom is 0.321 e. The van der Waals surface area contributed by atoms with Crippen LogP contribution in [0.3, 0.4) is 0 Å². The first-order valence-electron chi connectivity index (χ1n) is 9.32. The summed E-state index contributed by atoms with van der Waals surface area (Å²) in [4.78, 5) is 16.9. The molecule has 2 fully saturated rings.